The lowest BCUT2D eigenvalue weighted by Crippen LogP contribution is -2.41. The number of nitrogens with zero attached hydrogens (tertiary/aromatic N) is 1. The van der Waals surface area contributed by atoms with Gasteiger partial charge in [0.1, 0.15) is 0 Å². The van der Waals surface area contributed by atoms with Crippen LogP contribution in [-0.4, -0.2) is 50.3 Å². The van der Waals surface area contributed by atoms with Crippen molar-refractivity contribution in [2.24, 2.45) is 0 Å². The van der Waals surface area contributed by atoms with Crippen molar-refractivity contribution in [3.05, 3.63) is 0 Å². The molecule has 0 bridgehead atoms. The molecule has 0 aliphatic heterocycles. The van der Waals surface area contributed by atoms with Crippen molar-refractivity contribution < 1.29 is 4.74 Å². The number of ether oxygens (including phenoxy) is 1. The van der Waals surface area contributed by atoms with E-state index < -0.39 is 0 Å². The minimum Gasteiger partial charge on any atom is -0.383 e. The van der Waals surface area contributed by atoms with Gasteiger partial charge in [0.05, 0.1) is 6.61 Å². The molecule has 0 radical (unpaired) electrons. The summed E-state index contributed by atoms with van der Waals surface area (Å²) in [5.74, 6) is 0. The van der Waals surface area contributed by atoms with Gasteiger partial charge in [0, 0.05) is 31.8 Å². The van der Waals surface area contributed by atoms with Gasteiger partial charge in [0.25, 0.3) is 0 Å². The maximum atomic E-state index is 5.17. The lowest BCUT2D eigenvalue weighted by Gasteiger charge is -2.30. The van der Waals surface area contributed by atoms with Gasteiger partial charge in [0.15, 0.2) is 0 Å². The molecule has 15 heavy (non-hydrogen) atoms. The van der Waals surface area contributed by atoms with Crippen molar-refractivity contribution in [1.29, 1.82) is 0 Å². The average Bonchev–Trinajstić information content (AvgIpc) is 3.02. The molecule has 1 fully saturated rings. The average molecular weight is 214 g/mol. The molecule has 0 heterocycles. The van der Waals surface area contributed by atoms with Gasteiger partial charge in [-0.05, 0) is 40.2 Å². The number of nitrogens with one attached hydrogen (secondary N) is 1. The molecule has 1 aliphatic rings. The Morgan fingerprint density at radius 1 is 1.40 bits per heavy atom. The number of hydrogen-bond donors (Lipinski definition) is 1. The molecule has 0 aromatic carbocycles. The summed E-state index contributed by atoms with van der Waals surface area (Å²) in [6.07, 6.45) is 3.97. The van der Waals surface area contributed by atoms with E-state index >= 15 is 0 Å². The highest BCUT2D eigenvalue weighted by molar-refractivity contribution is 4.88. The minimum absolute atomic E-state index is 0.601. The quantitative estimate of drug-likeness (QED) is 0.662. The Labute approximate surface area is 94.2 Å². The van der Waals surface area contributed by atoms with Gasteiger partial charge >= 0.3 is 0 Å². The molecule has 1 N–H and O–H groups in total. The smallest absolute Gasteiger partial charge is 0.0589 e. The molecule has 0 saturated heterocycles. The van der Waals surface area contributed by atoms with Crippen LogP contribution in [0.5, 0.6) is 0 Å². The molecule has 3 nitrogen and oxygen atoms in total. The fourth-order valence-corrected chi connectivity index (χ4v) is 2.13. The topological polar surface area (TPSA) is 24.5 Å². The van der Waals surface area contributed by atoms with Gasteiger partial charge < -0.3 is 10.1 Å². The van der Waals surface area contributed by atoms with E-state index in [1.807, 2.05) is 7.05 Å². The Hall–Kier alpha value is -0.120. The molecular formula is C12H26N2O. The van der Waals surface area contributed by atoms with E-state index in [4.69, 9.17) is 4.74 Å². The Bertz CT molecular complexity index is 171. The van der Waals surface area contributed by atoms with Crippen LogP contribution in [0.1, 0.15) is 33.1 Å². The number of rotatable bonds is 8. The van der Waals surface area contributed by atoms with Crippen LogP contribution in [0.25, 0.3) is 0 Å². The minimum atomic E-state index is 0.601. The maximum Gasteiger partial charge on any atom is 0.0589 e. The standard InChI is InChI=1S/C12H26N2O/c1-10(13-3)9-11(2)14(7-8-15-4)12-5-6-12/h10-13H,5-9H2,1-4H3. The van der Waals surface area contributed by atoms with E-state index in [0.29, 0.717) is 12.1 Å². The van der Waals surface area contributed by atoms with Crippen LogP contribution in [-0.2, 0) is 4.74 Å². The molecule has 2 unspecified atom stereocenters. The molecule has 1 aliphatic carbocycles. The molecule has 0 aromatic rings. The van der Waals surface area contributed by atoms with Crippen LogP contribution in [0.2, 0.25) is 0 Å². The van der Waals surface area contributed by atoms with E-state index in [1.165, 1.54) is 19.3 Å². The van der Waals surface area contributed by atoms with Crippen LogP contribution in [0, 0.1) is 0 Å². The van der Waals surface area contributed by atoms with Crippen LogP contribution in [0.3, 0.4) is 0 Å². The third kappa shape index (κ3) is 4.49. The van der Waals surface area contributed by atoms with E-state index in [1.54, 1.807) is 7.11 Å². The fourth-order valence-electron chi connectivity index (χ4n) is 2.13. The first-order valence-corrected chi connectivity index (χ1v) is 6.11. The number of methoxy groups -OCH3 is 1. The second-order valence-electron chi connectivity index (χ2n) is 4.74. The van der Waals surface area contributed by atoms with Crippen molar-refractivity contribution >= 4 is 0 Å². The zero-order chi connectivity index (χ0) is 11.3. The summed E-state index contributed by atoms with van der Waals surface area (Å²) < 4.78 is 5.17. The van der Waals surface area contributed by atoms with Gasteiger partial charge in [-0.25, -0.2) is 0 Å². The van der Waals surface area contributed by atoms with E-state index in [0.717, 1.165) is 19.2 Å². The Morgan fingerprint density at radius 3 is 2.53 bits per heavy atom. The lowest BCUT2D eigenvalue weighted by molar-refractivity contribution is 0.112. The third-order valence-corrected chi connectivity index (χ3v) is 3.32. The predicted molar refractivity (Wildman–Crippen MR) is 64.2 cm³/mol. The summed E-state index contributed by atoms with van der Waals surface area (Å²) >= 11 is 0. The van der Waals surface area contributed by atoms with Crippen molar-refractivity contribution in [2.75, 3.05) is 27.3 Å². The molecule has 3 heteroatoms. The van der Waals surface area contributed by atoms with Crippen molar-refractivity contribution in [1.82, 2.24) is 10.2 Å². The Kier molecular flexibility index (Phi) is 5.58. The highest BCUT2D eigenvalue weighted by Crippen LogP contribution is 2.29. The highest BCUT2D eigenvalue weighted by Gasteiger charge is 2.31. The predicted octanol–water partition coefficient (Wildman–Crippen LogP) is 1.48. The zero-order valence-electron chi connectivity index (χ0n) is 10.6. The van der Waals surface area contributed by atoms with E-state index in [9.17, 15) is 0 Å². The normalized spacial score (nSPS) is 20.6. The van der Waals surface area contributed by atoms with E-state index in [2.05, 4.69) is 24.1 Å². The fraction of sp³-hybridized carbons (Fsp3) is 1.00. The van der Waals surface area contributed by atoms with Crippen LogP contribution in [0.4, 0.5) is 0 Å². The molecular weight excluding hydrogens is 188 g/mol. The summed E-state index contributed by atoms with van der Waals surface area (Å²) in [5.41, 5.74) is 0. The van der Waals surface area contributed by atoms with Gasteiger partial charge in [-0.2, -0.15) is 0 Å². The molecule has 1 rings (SSSR count). The molecule has 0 amide bonds. The molecule has 1 saturated carbocycles. The van der Waals surface area contributed by atoms with Gasteiger partial charge in [-0.1, -0.05) is 0 Å². The Morgan fingerprint density at radius 2 is 2.07 bits per heavy atom. The second kappa shape index (κ2) is 6.46. The largest absolute Gasteiger partial charge is 0.383 e. The summed E-state index contributed by atoms with van der Waals surface area (Å²) in [6, 6.07) is 2.10. The van der Waals surface area contributed by atoms with Crippen molar-refractivity contribution in [3.8, 4) is 0 Å². The Balaban J connectivity index is 2.33. The number of hydrogen-bond acceptors (Lipinski definition) is 3. The maximum absolute atomic E-state index is 5.17. The SMILES string of the molecule is CNC(C)CC(C)N(CCOC)C1CC1. The van der Waals surface area contributed by atoms with Gasteiger partial charge in [-0.15, -0.1) is 0 Å². The highest BCUT2D eigenvalue weighted by atomic mass is 16.5. The van der Waals surface area contributed by atoms with Gasteiger partial charge in [0.2, 0.25) is 0 Å². The monoisotopic (exact) mass is 214 g/mol. The summed E-state index contributed by atoms with van der Waals surface area (Å²) in [4.78, 5) is 2.61. The lowest BCUT2D eigenvalue weighted by atomic mass is 10.1. The van der Waals surface area contributed by atoms with E-state index in [-0.39, 0.29) is 0 Å². The van der Waals surface area contributed by atoms with Crippen LogP contribution < -0.4 is 5.32 Å². The molecule has 90 valence electrons. The molecule has 2 atom stereocenters. The summed E-state index contributed by atoms with van der Waals surface area (Å²) in [7, 11) is 3.82. The van der Waals surface area contributed by atoms with Gasteiger partial charge in [-0.3, -0.25) is 4.90 Å². The second-order valence-corrected chi connectivity index (χ2v) is 4.74. The first kappa shape index (κ1) is 12.9. The zero-order valence-corrected chi connectivity index (χ0v) is 10.6. The summed E-state index contributed by atoms with van der Waals surface area (Å²) in [5, 5.41) is 3.31. The van der Waals surface area contributed by atoms with Crippen LogP contribution in [0.15, 0.2) is 0 Å². The third-order valence-electron chi connectivity index (χ3n) is 3.32. The molecule has 0 spiro atoms. The molecule has 0 aromatic heterocycles. The first-order chi connectivity index (χ1) is 7.19. The van der Waals surface area contributed by atoms with Crippen molar-refractivity contribution in [2.45, 2.75) is 51.2 Å². The van der Waals surface area contributed by atoms with Crippen molar-refractivity contribution in [3.63, 3.8) is 0 Å². The first-order valence-electron chi connectivity index (χ1n) is 6.11. The summed E-state index contributed by atoms with van der Waals surface area (Å²) in [6.45, 7) is 6.52. The van der Waals surface area contributed by atoms with Crippen LogP contribution >= 0.6 is 0 Å².